The first-order valence-electron chi connectivity index (χ1n) is 5.82. The van der Waals surface area contributed by atoms with Crippen LogP contribution in [0.15, 0.2) is 24.3 Å². The van der Waals surface area contributed by atoms with Crippen LogP contribution in [0.1, 0.15) is 26.2 Å². The molecule has 0 spiro atoms. The second-order valence-electron chi connectivity index (χ2n) is 4.67. The molecular formula is C13H16FNO2. The Morgan fingerprint density at radius 2 is 2.24 bits per heavy atom. The van der Waals surface area contributed by atoms with E-state index in [0.717, 1.165) is 12.8 Å². The van der Waals surface area contributed by atoms with Crippen molar-refractivity contribution >= 4 is 11.7 Å². The van der Waals surface area contributed by atoms with E-state index in [9.17, 15) is 14.3 Å². The van der Waals surface area contributed by atoms with Gasteiger partial charge in [-0.25, -0.2) is 9.18 Å². The van der Waals surface area contributed by atoms with Gasteiger partial charge in [0.15, 0.2) is 0 Å². The molecule has 92 valence electrons. The predicted octanol–water partition coefficient (Wildman–Crippen LogP) is 2.88. The molecule has 0 radical (unpaired) electrons. The first-order valence-corrected chi connectivity index (χ1v) is 5.82. The predicted molar refractivity (Wildman–Crippen MR) is 63.4 cm³/mol. The molecule has 2 N–H and O–H groups in total. The monoisotopic (exact) mass is 237 g/mol. The van der Waals surface area contributed by atoms with Crippen molar-refractivity contribution in [2.45, 2.75) is 31.7 Å². The van der Waals surface area contributed by atoms with Crippen molar-refractivity contribution < 1.29 is 14.3 Å². The summed E-state index contributed by atoms with van der Waals surface area (Å²) in [7, 11) is 0. The zero-order valence-electron chi connectivity index (χ0n) is 9.74. The van der Waals surface area contributed by atoms with Crippen molar-refractivity contribution in [1.82, 2.24) is 0 Å². The topological polar surface area (TPSA) is 49.3 Å². The van der Waals surface area contributed by atoms with Crippen molar-refractivity contribution in [2.75, 3.05) is 5.32 Å². The highest BCUT2D eigenvalue weighted by molar-refractivity contribution is 5.83. The average molecular weight is 237 g/mol. The first-order chi connectivity index (χ1) is 8.06. The normalized spacial score (nSPS) is 28.0. The number of rotatable bonds is 3. The lowest BCUT2D eigenvalue weighted by molar-refractivity contribution is -0.143. The summed E-state index contributed by atoms with van der Waals surface area (Å²) < 4.78 is 13.5. The minimum atomic E-state index is -1.03. The molecule has 1 aliphatic rings. The molecule has 1 aliphatic carbocycles. The molecule has 2 rings (SSSR count). The number of carboxylic acids is 1. The number of nitrogens with one attached hydrogen (secondary N) is 1. The molecule has 0 heterocycles. The Bertz CT molecular complexity index is 435. The summed E-state index contributed by atoms with van der Waals surface area (Å²) in [6, 6.07) is 6.19. The number of hydrogen-bond donors (Lipinski definition) is 2. The van der Waals surface area contributed by atoms with Crippen LogP contribution < -0.4 is 5.32 Å². The summed E-state index contributed by atoms with van der Waals surface area (Å²) in [6.45, 7) is 1.90. The number of aliphatic carboxylic acids is 1. The summed E-state index contributed by atoms with van der Waals surface area (Å²) in [6.07, 6.45) is 2.25. The second kappa shape index (κ2) is 4.35. The zero-order valence-corrected chi connectivity index (χ0v) is 9.74. The van der Waals surface area contributed by atoms with Crippen molar-refractivity contribution in [3.05, 3.63) is 30.1 Å². The largest absolute Gasteiger partial charge is 0.479 e. The lowest BCUT2D eigenvalue weighted by atomic mass is 9.88. The molecule has 1 aromatic rings. The van der Waals surface area contributed by atoms with Crippen LogP contribution in [0.25, 0.3) is 0 Å². The zero-order chi connectivity index (χ0) is 12.5. The van der Waals surface area contributed by atoms with Crippen LogP contribution >= 0.6 is 0 Å². The molecule has 0 amide bonds. The van der Waals surface area contributed by atoms with Crippen LogP contribution in [0, 0.1) is 11.7 Å². The number of para-hydroxylation sites is 1. The molecular weight excluding hydrogens is 221 g/mol. The standard InChI is InChI=1S/C13H16FNO2/c1-9-5-4-8-13(9,12(16)17)15-11-7-3-2-6-10(11)14/h2-3,6-7,9,15H,4-5,8H2,1H3,(H,16,17). The van der Waals surface area contributed by atoms with Gasteiger partial charge >= 0.3 is 5.97 Å². The number of carbonyl (C=O) groups is 1. The highest BCUT2D eigenvalue weighted by Crippen LogP contribution is 2.38. The maximum absolute atomic E-state index is 13.5. The summed E-state index contributed by atoms with van der Waals surface area (Å²) in [4.78, 5) is 11.5. The van der Waals surface area contributed by atoms with E-state index in [-0.39, 0.29) is 11.6 Å². The van der Waals surface area contributed by atoms with Crippen molar-refractivity contribution in [1.29, 1.82) is 0 Å². The minimum absolute atomic E-state index is 0.000365. The van der Waals surface area contributed by atoms with Gasteiger partial charge in [-0.05, 0) is 30.9 Å². The second-order valence-corrected chi connectivity index (χ2v) is 4.67. The lowest BCUT2D eigenvalue weighted by Gasteiger charge is -2.31. The van der Waals surface area contributed by atoms with E-state index in [0.29, 0.717) is 6.42 Å². The molecule has 3 nitrogen and oxygen atoms in total. The summed E-state index contributed by atoms with van der Waals surface area (Å²) in [5, 5.41) is 12.3. The van der Waals surface area contributed by atoms with E-state index in [2.05, 4.69) is 5.32 Å². The number of halogens is 1. The third kappa shape index (κ3) is 1.99. The van der Waals surface area contributed by atoms with Gasteiger partial charge in [0, 0.05) is 0 Å². The van der Waals surface area contributed by atoms with Crippen LogP contribution in [-0.2, 0) is 4.79 Å². The molecule has 0 aromatic heterocycles. The van der Waals surface area contributed by atoms with E-state index >= 15 is 0 Å². The average Bonchev–Trinajstić information content (AvgIpc) is 2.65. The van der Waals surface area contributed by atoms with Crippen LogP contribution in [-0.4, -0.2) is 16.6 Å². The fourth-order valence-corrected chi connectivity index (χ4v) is 2.54. The van der Waals surface area contributed by atoms with Gasteiger partial charge in [-0.1, -0.05) is 25.5 Å². The Kier molecular flexibility index (Phi) is 3.05. The van der Waals surface area contributed by atoms with Crippen LogP contribution in [0.2, 0.25) is 0 Å². The minimum Gasteiger partial charge on any atom is -0.479 e. The van der Waals surface area contributed by atoms with E-state index in [1.54, 1.807) is 18.2 Å². The molecule has 0 bridgehead atoms. The number of hydrogen-bond acceptors (Lipinski definition) is 2. The SMILES string of the molecule is CC1CCCC1(Nc1ccccc1F)C(=O)O. The highest BCUT2D eigenvalue weighted by atomic mass is 19.1. The molecule has 1 saturated carbocycles. The van der Waals surface area contributed by atoms with Crippen LogP contribution in [0.5, 0.6) is 0 Å². The van der Waals surface area contributed by atoms with Gasteiger partial charge in [0.25, 0.3) is 0 Å². The molecule has 0 saturated heterocycles. The Labute approximate surface area is 99.7 Å². The summed E-state index contributed by atoms with van der Waals surface area (Å²) >= 11 is 0. The molecule has 0 aliphatic heterocycles. The fourth-order valence-electron chi connectivity index (χ4n) is 2.54. The molecule has 1 fully saturated rings. The van der Waals surface area contributed by atoms with Gasteiger partial charge in [0.2, 0.25) is 0 Å². The van der Waals surface area contributed by atoms with Crippen molar-refractivity contribution in [2.24, 2.45) is 5.92 Å². The van der Waals surface area contributed by atoms with Crippen molar-refractivity contribution in [3.8, 4) is 0 Å². The molecule has 4 heteroatoms. The molecule has 2 atom stereocenters. The van der Waals surface area contributed by atoms with Crippen LogP contribution in [0.3, 0.4) is 0 Å². The van der Waals surface area contributed by atoms with Crippen LogP contribution in [0.4, 0.5) is 10.1 Å². The van der Waals surface area contributed by atoms with E-state index < -0.39 is 17.3 Å². The summed E-state index contributed by atoms with van der Waals surface area (Å²) in [5.41, 5.74) is -0.758. The van der Waals surface area contributed by atoms with Gasteiger partial charge < -0.3 is 10.4 Å². The molecule has 17 heavy (non-hydrogen) atoms. The Hall–Kier alpha value is -1.58. The van der Waals surface area contributed by atoms with Gasteiger partial charge in [0.1, 0.15) is 11.4 Å². The third-order valence-corrected chi connectivity index (χ3v) is 3.66. The molecule has 1 aromatic carbocycles. The molecule has 2 unspecified atom stereocenters. The van der Waals surface area contributed by atoms with Crippen molar-refractivity contribution in [3.63, 3.8) is 0 Å². The Balaban J connectivity index is 2.31. The number of anilines is 1. The van der Waals surface area contributed by atoms with E-state index in [1.807, 2.05) is 6.92 Å². The number of benzene rings is 1. The van der Waals surface area contributed by atoms with Gasteiger partial charge in [0.05, 0.1) is 5.69 Å². The van der Waals surface area contributed by atoms with E-state index in [4.69, 9.17) is 0 Å². The first kappa shape index (κ1) is 11.9. The highest BCUT2D eigenvalue weighted by Gasteiger charge is 2.47. The van der Waals surface area contributed by atoms with Gasteiger partial charge in [-0.3, -0.25) is 0 Å². The maximum Gasteiger partial charge on any atom is 0.329 e. The Morgan fingerprint density at radius 1 is 1.53 bits per heavy atom. The van der Waals surface area contributed by atoms with Gasteiger partial charge in [-0.15, -0.1) is 0 Å². The number of carboxylic acid groups (broad SMARTS) is 1. The third-order valence-electron chi connectivity index (χ3n) is 3.66. The Morgan fingerprint density at radius 3 is 2.76 bits per heavy atom. The summed E-state index contributed by atoms with van der Waals surface area (Å²) in [5.74, 6) is -1.31. The van der Waals surface area contributed by atoms with E-state index in [1.165, 1.54) is 6.07 Å². The van der Waals surface area contributed by atoms with Gasteiger partial charge in [-0.2, -0.15) is 0 Å². The smallest absolute Gasteiger partial charge is 0.329 e. The lowest BCUT2D eigenvalue weighted by Crippen LogP contribution is -2.48. The maximum atomic E-state index is 13.5. The quantitative estimate of drug-likeness (QED) is 0.849. The fraction of sp³-hybridized carbons (Fsp3) is 0.462.